The third-order valence-electron chi connectivity index (χ3n) is 3.15. The summed E-state index contributed by atoms with van der Waals surface area (Å²) in [5, 5.41) is 6.62. The van der Waals surface area contributed by atoms with E-state index in [1.165, 1.54) is 0 Å². The van der Waals surface area contributed by atoms with Crippen molar-refractivity contribution in [3.63, 3.8) is 0 Å². The summed E-state index contributed by atoms with van der Waals surface area (Å²) in [7, 11) is -3.45. The first-order valence-electron chi connectivity index (χ1n) is 6.32. The summed E-state index contributed by atoms with van der Waals surface area (Å²) in [5.41, 5.74) is 1.10. The number of H-pyrrole nitrogens is 1. The van der Waals surface area contributed by atoms with Crippen molar-refractivity contribution in [1.29, 1.82) is 0 Å². The van der Waals surface area contributed by atoms with Gasteiger partial charge in [-0.25, -0.2) is 13.1 Å². The second-order valence-electron chi connectivity index (χ2n) is 4.61. The van der Waals surface area contributed by atoms with E-state index in [4.69, 9.17) is 0 Å². The fourth-order valence-electron chi connectivity index (χ4n) is 2.17. The summed E-state index contributed by atoms with van der Waals surface area (Å²) < 4.78 is 27.0. The van der Waals surface area contributed by atoms with Gasteiger partial charge < -0.3 is 4.90 Å². The number of thioether (sulfide) groups is 1. The second kappa shape index (κ2) is 6.25. The van der Waals surface area contributed by atoms with Gasteiger partial charge in [0.15, 0.2) is 0 Å². The summed E-state index contributed by atoms with van der Waals surface area (Å²) in [5.74, 6) is 2.26. The average molecular weight is 304 g/mol. The van der Waals surface area contributed by atoms with Crippen LogP contribution in [0.15, 0.2) is 4.90 Å². The normalized spacial score (nSPS) is 17.8. The first-order valence-corrected chi connectivity index (χ1v) is 8.96. The Morgan fingerprint density at radius 3 is 2.63 bits per heavy atom. The minimum absolute atomic E-state index is 0.279. The highest BCUT2D eigenvalue weighted by Gasteiger charge is 2.22. The van der Waals surface area contributed by atoms with Crippen LogP contribution in [0.3, 0.4) is 0 Å². The molecule has 2 N–H and O–H groups in total. The molecule has 108 valence electrons. The van der Waals surface area contributed by atoms with E-state index in [2.05, 4.69) is 19.8 Å². The van der Waals surface area contributed by atoms with Crippen molar-refractivity contribution in [2.75, 3.05) is 37.7 Å². The largest absolute Gasteiger partial charge is 0.300 e. The first-order chi connectivity index (χ1) is 9.00. The molecule has 1 fully saturated rings. The molecule has 0 amide bonds. The Balaban J connectivity index is 1.91. The smallest absolute Gasteiger partial charge is 0.244 e. The van der Waals surface area contributed by atoms with E-state index in [1.54, 1.807) is 13.8 Å². The molecule has 0 radical (unpaired) electrons. The second-order valence-corrected chi connectivity index (χ2v) is 7.54. The first kappa shape index (κ1) is 14.8. The maximum atomic E-state index is 12.2. The van der Waals surface area contributed by atoms with Gasteiger partial charge in [0.1, 0.15) is 4.90 Å². The summed E-state index contributed by atoms with van der Waals surface area (Å²) in [6.45, 7) is 6.69. The Morgan fingerprint density at radius 1 is 1.37 bits per heavy atom. The van der Waals surface area contributed by atoms with Crippen LogP contribution in [0, 0.1) is 13.8 Å². The fraction of sp³-hybridized carbons (Fsp3) is 0.727. The van der Waals surface area contributed by atoms with Crippen LogP contribution < -0.4 is 4.72 Å². The van der Waals surface area contributed by atoms with Crippen molar-refractivity contribution in [1.82, 2.24) is 19.8 Å². The van der Waals surface area contributed by atoms with Crippen molar-refractivity contribution in [2.24, 2.45) is 0 Å². The molecule has 1 saturated heterocycles. The van der Waals surface area contributed by atoms with E-state index in [1.807, 2.05) is 11.8 Å². The molecular formula is C11H20N4O2S2. The number of sulfonamides is 1. The Bertz CT molecular complexity index is 501. The highest BCUT2D eigenvalue weighted by atomic mass is 32.2. The lowest BCUT2D eigenvalue weighted by Gasteiger charge is -2.25. The van der Waals surface area contributed by atoms with Gasteiger partial charge in [0.25, 0.3) is 0 Å². The zero-order valence-electron chi connectivity index (χ0n) is 11.3. The average Bonchev–Trinajstić information content (AvgIpc) is 2.70. The summed E-state index contributed by atoms with van der Waals surface area (Å²) >= 11 is 1.95. The predicted molar refractivity (Wildman–Crippen MR) is 77.0 cm³/mol. The molecule has 0 unspecified atom stereocenters. The number of aromatic amines is 1. The van der Waals surface area contributed by atoms with Gasteiger partial charge in [0.2, 0.25) is 10.0 Å². The molecule has 8 heteroatoms. The van der Waals surface area contributed by atoms with Crippen LogP contribution in [0.5, 0.6) is 0 Å². The van der Waals surface area contributed by atoms with Gasteiger partial charge in [0, 0.05) is 37.7 Å². The van der Waals surface area contributed by atoms with Crippen LogP contribution in [0.1, 0.15) is 11.4 Å². The van der Waals surface area contributed by atoms with Crippen LogP contribution in [0.4, 0.5) is 0 Å². The third kappa shape index (κ3) is 3.71. The zero-order chi connectivity index (χ0) is 13.9. The lowest BCUT2D eigenvalue weighted by atomic mass is 10.4. The Labute approximate surface area is 118 Å². The molecule has 1 aliphatic rings. The number of rotatable bonds is 5. The quantitative estimate of drug-likeness (QED) is 0.821. The lowest BCUT2D eigenvalue weighted by molar-refractivity contribution is 0.307. The van der Waals surface area contributed by atoms with Crippen LogP contribution >= 0.6 is 11.8 Å². The van der Waals surface area contributed by atoms with Gasteiger partial charge >= 0.3 is 0 Å². The molecule has 1 aliphatic heterocycles. The molecule has 6 nitrogen and oxygen atoms in total. The molecule has 0 atom stereocenters. The Morgan fingerprint density at radius 2 is 2.05 bits per heavy atom. The maximum absolute atomic E-state index is 12.2. The number of nitrogens with zero attached hydrogens (tertiary/aromatic N) is 2. The Kier molecular flexibility index (Phi) is 4.88. The SMILES string of the molecule is Cc1n[nH]c(C)c1S(=O)(=O)NCCN1CCSCC1. The van der Waals surface area contributed by atoms with Crippen LogP contribution in [0.25, 0.3) is 0 Å². The molecule has 1 aromatic heterocycles. The maximum Gasteiger partial charge on any atom is 0.244 e. The molecule has 0 spiro atoms. The minimum Gasteiger partial charge on any atom is -0.300 e. The van der Waals surface area contributed by atoms with E-state index in [-0.39, 0.29) is 4.90 Å². The van der Waals surface area contributed by atoms with Crippen LogP contribution in [-0.4, -0.2) is 61.2 Å². The van der Waals surface area contributed by atoms with E-state index >= 15 is 0 Å². The van der Waals surface area contributed by atoms with E-state index in [9.17, 15) is 8.42 Å². The van der Waals surface area contributed by atoms with E-state index in [0.717, 1.165) is 31.1 Å². The van der Waals surface area contributed by atoms with Gasteiger partial charge in [-0.2, -0.15) is 16.9 Å². The van der Waals surface area contributed by atoms with Gasteiger partial charge in [-0.15, -0.1) is 0 Å². The monoisotopic (exact) mass is 304 g/mol. The molecule has 0 saturated carbocycles. The van der Waals surface area contributed by atoms with Crippen molar-refractivity contribution in [2.45, 2.75) is 18.7 Å². The topological polar surface area (TPSA) is 78.1 Å². The van der Waals surface area contributed by atoms with E-state index < -0.39 is 10.0 Å². The zero-order valence-corrected chi connectivity index (χ0v) is 12.9. The standard InChI is InChI=1S/C11H20N4O2S2/c1-9-11(10(2)14-13-9)19(16,17)12-3-4-15-5-7-18-8-6-15/h12H,3-8H2,1-2H3,(H,13,14). The predicted octanol–water partition coefficient (Wildman–Crippen LogP) is 0.354. The molecule has 0 aromatic carbocycles. The van der Waals surface area contributed by atoms with Crippen molar-refractivity contribution in [3.8, 4) is 0 Å². The van der Waals surface area contributed by atoms with E-state index in [0.29, 0.717) is 17.9 Å². The van der Waals surface area contributed by atoms with Gasteiger partial charge in [0.05, 0.1) is 11.4 Å². The molecule has 2 rings (SSSR count). The number of aromatic nitrogens is 2. The molecule has 0 bridgehead atoms. The highest BCUT2D eigenvalue weighted by Crippen LogP contribution is 2.16. The van der Waals surface area contributed by atoms with Crippen molar-refractivity contribution in [3.05, 3.63) is 11.4 Å². The van der Waals surface area contributed by atoms with Gasteiger partial charge in [-0.3, -0.25) is 5.10 Å². The summed E-state index contributed by atoms with van der Waals surface area (Å²) in [6, 6.07) is 0. The molecule has 19 heavy (non-hydrogen) atoms. The number of hydrogen-bond acceptors (Lipinski definition) is 5. The molecule has 2 heterocycles. The van der Waals surface area contributed by atoms with Gasteiger partial charge in [-0.1, -0.05) is 0 Å². The molecular weight excluding hydrogens is 284 g/mol. The molecule has 1 aromatic rings. The number of hydrogen-bond donors (Lipinski definition) is 2. The van der Waals surface area contributed by atoms with Crippen molar-refractivity contribution < 1.29 is 8.42 Å². The summed E-state index contributed by atoms with van der Waals surface area (Å²) in [6.07, 6.45) is 0. The highest BCUT2D eigenvalue weighted by molar-refractivity contribution is 7.99. The van der Waals surface area contributed by atoms with Crippen molar-refractivity contribution >= 4 is 21.8 Å². The van der Waals surface area contributed by atoms with Crippen LogP contribution in [-0.2, 0) is 10.0 Å². The van der Waals surface area contributed by atoms with Gasteiger partial charge in [-0.05, 0) is 13.8 Å². The lowest BCUT2D eigenvalue weighted by Crippen LogP contribution is -2.39. The third-order valence-corrected chi connectivity index (χ3v) is 5.82. The van der Waals surface area contributed by atoms with Crippen LogP contribution in [0.2, 0.25) is 0 Å². The number of nitrogens with one attached hydrogen (secondary N) is 2. The fourth-order valence-corrected chi connectivity index (χ4v) is 4.54. The summed E-state index contributed by atoms with van der Waals surface area (Å²) in [4.78, 5) is 2.57. The molecule has 0 aliphatic carbocycles. The number of aryl methyl sites for hydroxylation is 2. The Hall–Kier alpha value is -0.570. The minimum atomic E-state index is -3.45.